The van der Waals surface area contributed by atoms with Crippen molar-refractivity contribution < 1.29 is 22.3 Å². The normalized spacial score (nSPS) is 13.0. The van der Waals surface area contributed by atoms with E-state index < -0.39 is 9.84 Å². The zero-order valence-corrected chi connectivity index (χ0v) is 19.0. The fourth-order valence-corrected chi connectivity index (χ4v) is 4.92. The third kappa shape index (κ3) is 4.05. The molecule has 0 bridgehead atoms. The van der Waals surface area contributed by atoms with Gasteiger partial charge in [-0.2, -0.15) is 4.98 Å². The topological polar surface area (TPSA) is 90.7 Å². The van der Waals surface area contributed by atoms with E-state index in [1.54, 1.807) is 6.07 Å². The summed E-state index contributed by atoms with van der Waals surface area (Å²) in [7, 11) is -4.04. The van der Waals surface area contributed by atoms with Crippen LogP contribution in [0.25, 0.3) is 11.5 Å². The zero-order chi connectivity index (χ0) is 23.0. The van der Waals surface area contributed by atoms with Crippen LogP contribution in [0.5, 0.6) is 11.5 Å². The summed E-state index contributed by atoms with van der Waals surface area (Å²) in [4.78, 5) is 4.48. The van der Waals surface area contributed by atoms with E-state index in [0.29, 0.717) is 36.0 Å². The highest BCUT2D eigenvalue weighted by Gasteiger charge is 2.30. The number of benzene rings is 3. The van der Waals surface area contributed by atoms with Gasteiger partial charge in [-0.05, 0) is 55.3 Å². The van der Waals surface area contributed by atoms with E-state index >= 15 is 0 Å². The van der Waals surface area contributed by atoms with Gasteiger partial charge in [-0.15, -0.1) is 0 Å². The molecule has 2 heterocycles. The number of aromatic nitrogens is 1. The van der Waals surface area contributed by atoms with Crippen LogP contribution in [0, 0.1) is 13.8 Å². The van der Waals surface area contributed by atoms with Crippen molar-refractivity contribution in [2.75, 3.05) is 18.5 Å². The lowest BCUT2D eigenvalue weighted by Gasteiger charge is -2.18. The van der Waals surface area contributed by atoms with Crippen LogP contribution in [0.15, 0.2) is 81.1 Å². The molecule has 1 aliphatic rings. The van der Waals surface area contributed by atoms with Crippen molar-refractivity contribution >= 4 is 21.4 Å². The molecule has 3 aromatic carbocycles. The van der Waals surface area contributed by atoms with Crippen molar-refractivity contribution in [3.8, 4) is 23.0 Å². The minimum absolute atomic E-state index is 0.0451. The highest BCUT2D eigenvalue weighted by molar-refractivity contribution is 7.91. The highest BCUT2D eigenvalue weighted by Crippen LogP contribution is 2.38. The molecule has 168 valence electrons. The Bertz CT molecular complexity index is 1440. The number of oxazole rings is 1. The Kier molecular flexibility index (Phi) is 5.30. The number of anilines is 2. The molecule has 1 aromatic heterocycles. The van der Waals surface area contributed by atoms with Crippen molar-refractivity contribution in [3.63, 3.8) is 0 Å². The van der Waals surface area contributed by atoms with Gasteiger partial charge in [0.15, 0.2) is 11.5 Å². The van der Waals surface area contributed by atoms with Crippen LogP contribution in [0.4, 0.5) is 11.6 Å². The van der Waals surface area contributed by atoms with Crippen molar-refractivity contribution in [3.05, 3.63) is 77.9 Å². The number of ether oxygens (including phenoxy) is 2. The van der Waals surface area contributed by atoms with Crippen molar-refractivity contribution in [1.29, 1.82) is 0 Å². The lowest BCUT2D eigenvalue weighted by molar-refractivity contribution is 0.171. The van der Waals surface area contributed by atoms with Gasteiger partial charge in [0, 0.05) is 17.3 Å². The molecule has 8 heteroatoms. The number of hydrogen-bond donors (Lipinski definition) is 1. The Morgan fingerprint density at radius 1 is 0.879 bits per heavy atom. The molecular weight excluding hydrogens is 440 g/mol. The highest BCUT2D eigenvalue weighted by atomic mass is 32.2. The zero-order valence-electron chi connectivity index (χ0n) is 18.2. The number of sulfone groups is 1. The van der Waals surface area contributed by atoms with Crippen molar-refractivity contribution in [1.82, 2.24) is 4.98 Å². The molecule has 0 aliphatic carbocycles. The molecule has 0 saturated carbocycles. The first-order chi connectivity index (χ1) is 15.9. The molecule has 5 rings (SSSR count). The summed E-state index contributed by atoms with van der Waals surface area (Å²) in [5.74, 6) is 1.17. The van der Waals surface area contributed by atoms with Gasteiger partial charge in [0.2, 0.25) is 26.6 Å². The molecule has 7 nitrogen and oxygen atoms in total. The second-order valence-corrected chi connectivity index (χ2v) is 9.64. The van der Waals surface area contributed by atoms with Crippen LogP contribution in [0.2, 0.25) is 0 Å². The van der Waals surface area contributed by atoms with Crippen molar-refractivity contribution in [2.24, 2.45) is 0 Å². The largest absolute Gasteiger partial charge is 0.486 e. The lowest BCUT2D eigenvalue weighted by Crippen LogP contribution is -2.16. The van der Waals surface area contributed by atoms with Crippen LogP contribution in [-0.4, -0.2) is 26.6 Å². The number of nitrogens with zero attached hydrogens (tertiary/aromatic N) is 1. The summed E-state index contributed by atoms with van der Waals surface area (Å²) in [5.41, 5.74) is 3.36. The fourth-order valence-electron chi connectivity index (χ4n) is 3.65. The van der Waals surface area contributed by atoms with Gasteiger partial charge in [-0.1, -0.05) is 30.3 Å². The van der Waals surface area contributed by atoms with Crippen LogP contribution >= 0.6 is 0 Å². The maximum Gasteiger partial charge on any atom is 0.238 e. The predicted octanol–water partition coefficient (Wildman–Crippen LogP) is 5.31. The van der Waals surface area contributed by atoms with Gasteiger partial charge >= 0.3 is 0 Å². The number of aryl methyl sites for hydroxylation is 2. The second-order valence-electron chi connectivity index (χ2n) is 7.77. The molecule has 1 N–H and O–H groups in total. The molecule has 4 aromatic rings. The maximum atomic E-state index is 13.7. The summed E-state index contributed by atoms with van der Waals surface area (Å²) in [6.07, 6.45) is 0. The minimum Gasteiger partial charge on any atom is -0.486 e. The summed E-state index contributed by atoms with van der Waals surface area (Å²) >= 11 is 0. The van der Waals surface area contributed by atoms with E-state index in [0.717, 1.165) is 11.1 Å². The summed E-state index contributed by atoms with van der Waals surface area (Å²) in [5, 5.41) is 2.90. The van der Waals surface area contributed by atoms with Gasteiger partial charge < -0.3 is 19.2 Å². The molecule has 0 atom stereocenters. The van der Waals surface area contributed by atoms with Gasteiger partial charge in [-0.3, -0.25) is 0 Å². The molecule has 33 heavy (non-hydrogen) atoms. The van der Waals surface area contributed by atoms with Crippen LogP contribution in [0.3, 0.4) is 0 Å². The predicted molar refractivity (Wildman–Crippen MR) is 124 cm³/mol. The smallest absolute Gasteiger partial charge is 0.238 e. The molecule has 0 spiro atoms. The van der Waals surface area contributed by atoms with Crippen molar-refractivity contribution in [2.45, 2.75) is 23.8 Å². The Balaban J connectivity index is 1.64. The second kappa shape index (κ2) is 8.29. The minimum atomic E-state index is -4.04. The summed E-state index contributed by atoms with van der Waals surface area (Å²) in [6, 6.07) is 19.6. The van der Waals surface area contributed by atoms with Gasteiger partial charge in [0.1, 0.15) is 13.2 Å². The first-order valence-corrected chi connectivity index (χ1v) is 12.0. The number of fused-ring (bicyclic) bond motifs is 1. The SMILES string of the molecule is Cc1cccc(Nc2oc(-c3ccccc3C)nc2S(=O)(=O)c2ccc3c(c2)OCCO3)c1. The van der Waals surface area contributed by atoms with E-state index in [1.807, 2.05) is 62.4 Å². The van der Waals surface area contributed by atoms with Gasteiger partial charge in [0.05, 0.1) is 4.90 Å². The van der Waals surface area contributed by atoms with Gasteiger partial charge in [-0.25, -0.2) is 8.42 Å². The fraction of sp³-hybridized carbons (Fsp3) is 0.160. The average Bonchev–Trinajstić information content (AvgIpc) is 3.23. The Morgan fingerprint density at radius 3 is 2.45 bits per heavy atom. The van der Waals surface area contributed by atoms with Gasteiger partial charge in [0.25, 0.3) is 0 Å². The molecule has 0 unspecified atom stereocenters. The third-order valence-electron chi connectivity index (χ3n) is 5.33. The quantitative estimate of drug-likeness (QED) is 0.430. The standard InChI is InChI=1S/C25H22N2O5S/c1-16-6-5-8-18(14-16)26-24-25(27-23(32-24)20-9-4-3-7-17(20)2)33(28,29)19-10-11-21-22(15-19)31-13-12-30-21/h3-11,14-15,26H,12-13H2,1-2H3. The lowest BCUT2D eigenvalue weighted by atomic mass is 10.1. The molecule has 1 aliphatic heterocycles. The maximum absolute atomic E-state index is 13.7. The van der Waals surface area contributed by atoms with Crippen LogP contribution in [-0.2, 0) is 9.84 Å². The first-order valence-electron chi connectivity index (χ1n) is 10.5. The van der Waals surface area contributed by atoms with E-state index in [-0.39, 0.29) is 21.7 Å². The van der Waals surface area contributed by atoms with E-state index in [4.69, 9.17) is 13.9 Å². The third-order valence-corrected chi connectivity index (χ3v) is 6.99. The molecule has 0 fully saturated rings. The summed E-state index contributed by atoms with van der Waals surface area (Å²) in [6.45, 7) is 4.66. The molecule has 0 amide bonds. The molecular formula is C25H22N2O5S. The van der Waals surface area contributed by atoms with E-state index in [2.05, 4.69) is 10.3 Å². The molecule has 0 radical (unpaired) electrons. The van der Waals surface area contributed by atoms with Crippen LogP contribution < -0.4 is 14.8 Å². The monoisotopic (exact) mass is 462 g/mol. The number of hydrogen-bond acceptors (Lipinski definition) is 7. The van der Waals surface area contributed by atoms with E-state index in [1.165, 1.54) is 12.1 Å². The van der Waals surface area contributed by atoms with E-state index in [9.17, 15) is 8.42 Å². The summed E-state index contributed by atoms with van der Waals surface area (Å²) < 4.78 is 44.4. The average molecular weight is 463 g/mol. The first kappa shape index (κ1) is 21.1. The Hall–Kier alpha value is -3.78. The number of rotatable bonds is 5. The Morgan fingerprint density at radius 2 is 1.67 bits per heavy atom. The molecule has 0 saturated heterocycles. The Labute approximate surface area is 191 Å². The van der Waals surface area contributed by atoms with Crippen LogP contribution in [0.1, 0.15) is 11.1 Å². The number of nitrogens with one attached hydrogen (secondary N) is 1.